The van der Waals surface area contributed by atoms with Crippen molar-refractivity contribution in [2.24, 2.45) is 0 Å². The molecule has 4 rings (SSSR count). The van der Waals surface area contributed by atoms with Crippen LogP contribution in [0.3, 0.4) is 0 Å². The summed E-state index contributed by atoms with van der Waals surface area (Å²) >= 11 is 1.72. The molecule has 1 amide bonds. The maximum atomic E-state index is 12.5. The summed E-state index contributed by atoms with van der Waals surface area (Å²) in [5.41, 5.74) is 1.24. The summed E-state index contributed by atoms with van der Waals surface area (Å²) < 4.78 is 6.51. The first-order valence-corrected chi connectivity index (χ1v) is 13.8. The molecule has 2 atom stereocenters. The monoisotopic (exact) mass is 488 g/mol. The third-order valence-corrected chi connectivity index (χ3v) is 8.72. The predicted octanol–water partition coefficient (Wildman–Crippen LogP) is 4.37. The minimum Gasteiger partial charge on any atom is -0.474 e. The number of carbonyl (C=O) groups excluding carboxylic acids is 1. The van der Waals surface area contributed by atoms with Crippen LogP contribution in [0.4, 0.5) is 0 Å². The van der Waals surface area contributed by atoms with Gasteiger partial charge >= 0.3 is 0 Å². The zero-order valence-corrected chi connectivity index (χ0v) is 21.9. The number of aryl methyl sites for hydroxylation is 1. The van der Waals surface area contributed by atoms with Crippen LogP contribution in [0.1, 0.15) is 82.1 Å². The molecule has 2 aromatic heterocycles. The Morgan fingerprint density at radius 1 is 1.24 bits per heavy atom. The van der Waals surface area contributed by atoms with Crippen LogP contribution in [0.25, 0.3) is 10.2 Å². The number of ether oxygens (including phenoxy) is 1. The lowest BCUT2D eigenvalue weighted by Crippen LogP contribution is -2.44. The summed E-state index contributed by atoms with van der Waals surface area (Å²) in [4.78, 5) is 28.2. The van der Waals surface area contributed by atoms with E-state index in [2.05, 4.69) is 35.8 Å². The molecule has 1 saturated heterocycles. The maximum Gasteiger partial charge on any atom is 0.236 e. The number of hydrogen-bond donors (Lipinski definition) is 1. The summed E-state index contributed by atoms with van der Waals surface area (Å²) in [6, 6.07) is 0.422. The summed E-state index contributed by atoms with van der Waals surface area (Å²) in [7, 11) is 2.08. The Bertz CT molecular complexity index is 964. The molecule has 1 saturated carbocycles. The van der Waals surface area contributed by atoms with Gasteiger partial charge in [-0.05, 0) is 76.8 Å². The van der Waals surface area contributed by atoms with Crippen molar-refractivity contribution in [1.82, 2.24) is 19.8 Å². The molecule has 0 spiro atoms. The van der Waals surface area contributed by atoms with Crippen molar-refractivity contribution in [3.63, 3.8) is 0 Å². The third-order valence-electron chi connectivity index (χ3n) is 7.46. The number of aromatic nitrogens is 2. The van der Waals surface area contributed by atoms with Crippen LogP contribution in [0.15, 0.2) is 6.33 Å². The summed E-state index contributed by atoms with van der Waals surface area (Å²) in [5, 5.41) is 11.0. The molecule has 1 aliphatic heterocycles. The average molecular weight is 489 g/mol. The Morgan fingerprint density at radius 3 is 2.59 bits per heavy atom. The molecule has 2 aromatic rings. The molecule has 0 bridgehead atoms. The molecule has 188 valence electrons. The second-order valence-corrected chi connectivity index (χ2v) is 11.3. The number of aliphatic hydroxyl groups excluding tert-OH is 1. The number of aliphatic hydroxyl groups is 1. The van der Waals surface area contributed by atoms with E-state index in [0.29, 0.717) is 24.9 Å². The van der Waals surface area contributed by atoms with Gasteiger partial charge in [0.1, 0.15) is 17.3 Å². The SMILES string of the molecule is CCc1sc2ncnc(O[C@H]3CC[C@H](N(C)CC(=O)N4CCCC4)CC3)c2c1[C@H](C)C[C@H](C)O. The van der Waals surface area contributed by atoms with Crippen molar-refractivity contribution in [3.05, 3.63) is 16.8 Å². The van der Waals surface area contributed by atoms with Crippen LogP contribution in [-0.2, 0) is 11.2 Å². The lowest BCUT2D eigenvalue weighted by atomic mass is 9.91. The van der Waals surface area contributed by atoms with Crippen molar-refractivity contribution < 1.29 is 14.6 Å². The second-order valence-electron chi connectivity index (χ2n) is 10.2. The second kappa shape index (κ2) is 11.3. The van der Waals surface area contributed by atoms with Gasteiger partial charge in [-0.25, -0.2) is 9.97 Å². The van der Waals surface area contributed by atoms with Crippen molar-refractivity contribution in [1.29, 1.82) is 0 Å². The molecule has 2 aliphatic rings. The number of likely N-dealkylation sites (tertiary alicyclic amines) is 1. The van der Waals surface area contributed by atoms with E-state index in [1.165, 1.54) is 10.4 Å². The minimum atomic E-state index is -0.353. The molecule has 2 fully saturated rings. The van der Waals surface area contributed by atoms with E-state index in [1.54, 1.807) is 17.7 Å². The molecular formula is C26H40N4O3S. The highest BCUT2D eigenvalue weighted by Crippen LogP contribution is 2.41. The fourth-order valence-electron chi connectivity index (χ4n) is 5.65. The zero-order chi connectivity index (χ0) is 24.2. The van der Waals surface area contributed by atoms with Gasteiger partial charge in [0.15, 0.2) is 0 Å². The largest absolute Gasteiger partial charge is 0.474 e. The van der Waals surface area contributed by atoms with E-state index >= 15 is 0 Å². The Kier molecular flexibility index (Phi) is 8.43. The van der Waals surface area contributed by atoms with Gasteiger partial charge in [-0.15, -0.1) is 11.3 Å². The van der Waals surface area contributed by atoms with Gasteiger partial charge in [-0.3, -0.25) is 9.69 Å². The van der Waals surface area contributed by atoms with E-state index in [-0.39, 0.29) is 24.0 Å². The van der Waals surface area contributed by atoms with Gasteiger partial charge in [0.2, 0.25) is 11.8 Å². The Morgan fingerprint density at radius 2 is 1.94 bits per heavy atom. The van der Waals surface area contributed by atoms with Gasteiger partial charge in [0, 0.05) is 24.0 Å². The predicted molar refractivity (Wildman–Crippen MR) is 137 cm³/mol. The van der Waals surface area contributed by atoms with E-state index < -0.39 is 0 Å². The smallest absolute Gasteiger partial charge is 0.236 e. The minimum absolute atomic E-state index is 0.127. The Balaban J connectivity index is 1.41. The van der Waals surface area contributed by atoms with Crippen molar-refractivity contribution in [2.75, 3.05) is 26.7 Å². The first-order valence-electron chi connectivity index (χ1n) is 13.0. The third kappa shape index (κ3) is 5.71. The van der Waals surface area contributed by atoms with Crippen LogP contribution in [0.5, 0.6) is 5.88 Å². The lowest BCUT2D eigenvalue weighted by Gasteiger charge is -2.35. The molecular weight excluding hydrogens is 448 g/mol. The number of rotatable bonds is 9. The summed E-state index contributed by atoms with van der Waals surface area (Å²) in [6.07, 6.45) is 9.28. The molecule has 1 N–H and O–H groups in total. The number of thiophene rings is 1. The van der Waals surface area contributed by atoms with Gasteiger partial charge in [0.05, 0.1) is 18.0 Å². The molecule has 0 aromatic carbocycles. The van der Waals surface area contributed by atoms with E-state index in [4.69, 9.17) is 4.74 Å². The number of nitrogens with zero attached hydrogens (tertiary/aromatic N) is 4. The van der Waals surface area contributed by atoms with E-state index in [1.807, 2.05) is 11.8 Å². The number of hydrogen-bond acceptors (Lipinski definition) is 7. The van der Waals surface area contributed by atoms with Gasteiger partial charge in [0.25, 0.3) is 0 Å². The lowest BCUT2D eigenvalue weighted by molar-refractivity contribution is -0.131. The van der Waals surface area contributed by atoms with E-state index in [0.717, 1.165) is 68.3 Å². The van der Waals surface area contributed by atoms with Crippen molar-refractivity contribution in [3.8, 4) is 5.88 Å². The summed E-state index contributed by atoms with van der Waals surface area (Å²) in [5.74, 6) is 1.17. The maximum absolute atomic E-state index is 12.5. The highest BCUT2D eigenvalue weighted by Gasteiger charge is 2.29. The molecule has 34 heavy (non-hydrogen) atoms. The van der Waals surface area contributed by atoms with Crippen LogP contribution in [0.2, 0.25) is 0 Å². The van der Waals surface area contributed by atoms with Crippen LogP contribution in [0, 0.1) is 0 Å². The van der Waals surface area contributed by atoms with Gasteiger partial charge in [-0.2, -0.15) is 0 Å². The van der Waals surface area contributed by atoms with Crippen LogP contribution >= 0.6 is 11.3 Å². The van der Waals surface area contributed by atoms with Gasteiger partial charge < -0.3 is 14.7 Å². The number of amides is 1. The number of likely N-dealkylation sites (N-methyl/N-ethyl adjacent to an activating group) is 1. The standard InChI is InChI=1S/C26H40N4O3S/c1-5-21-23(17(2)14-18(3)31)24-25(27-16-28-26(24)34-21)33-20-10-8-19(9-11-20)29(4)15-22(32)30-12-6-7-13-30/h16-20,31H,5-15H2,1-4H3/t17-,18+,19-,20-/m1/s1. The van der Waals surface area contributed by atoms with Crippen LogP contribution < -0.4 is 4.74 Å². The first-order chi connectivity index (χ1) is 16.4. The van der Waals surface area contributed by atoms with Crippen molar-refractivity contribution in [2.45, 2.75) is 96.3 Å². The average Bonchev–Trinajstić information content (AvgIpc) is 3.47. The van der Waals surface area contributed by atoms with E-state index in [9.17, 15) is 9.90 Å². The molecule has 8 heteroatoms. The Labute approximate surface area is 207 Å². The summed E-state index contributed by atoms with van der Waals surface area (Å²) in [6.45, 7) is 8.54. The molecule has 7 nitrogen and oxygen atoms in total. The molecule has 3 heterocycles. The Hall–Kier alpha value is -1.77. The topological polar surface area (TPSA) is 78.8 Å². The van der Waals surface area contributed by atoms with Crippen LogP contribution in [-0.4, -0.2) is 75.7 Å². The first kappa shape index (κ1) is 25.3. The fourth-order valence-corrected chi connectivity index (χ4v) is 6.84. The quantitative estimate of drug-likeness (QED) is 0.565. The molecule has 0 radical (unpaired) electrons. The zero-order valence-electron chi connectivity index (χ0n) is 21.1. The number of carbonyl (C=O) groups is 1. The molecule has 1 aliphatic carbocycles. The highest BCUT2D eigenvalue weighted by atomic mass is 32.1. The van der Waals surface area contributed by atoms with Crippen molar-refractivity contribution >= 4 is 27.5 Å². The molecule has 0 unspecified atom stereocenters. The fraction of sp³-hybridized carbons (Fsp3) is 0.731. The highest BCUT2D eigenvalue weighted by molar-refractivity contribution is 7.18. The van der Waals surface area contributed by atoms with Gasteiger partial charge in [-0.1, -0.05) is 13.8 Å². The number of fused-ring (bicyclic) bond motifs is 1. The normalized spacial score (nSPS) is 22.9.